The molecular formula is C17H23ClO7. The number of carbonyl (C=O) groups is 2. The fraction of sp³-hybridized carbons (Fsp3) is 0.882. The van der Waals surface area contributed by atoms with Crippen LogP contribution in [0.2, 0.25) is 0 Å². The Bertz CT molecular complexity index is 647. The van der Waals surface area contributed by atoms with Gasteiger partial charge in [0.15, 0.2) is 0 Å². The van der Waals surface area contributed by atoms with Crippen LogP contribution >= 0.6 is 11.6 Å². The van der Waals surface area contributed by atoms with Crippen molar-refractivity contribution in [3.8, 4) is 0 Å². The fourth-order valence-corrected chi connectivity index (χ4v) is 5.94. The number of halogens is 1. The number of rotatable bonds is 1. The first-order valence-electron chi connectivity index (χ1n) is 8.59. The highest BCUT2D eigenvalue weighted by molar-refractivity contribution is 6.22. The Hall–Kier alpha value is -0.890. The van der Waals surface area contributed by atoms with Crippen LogP contribution < -0.4 is 0 Å². The summed E-state index contributed by atoms with van der Waals surface area (Å²) < 4.78 is 16.9. The molecule has 0 radical (unpaired) electrons. The molecule has 4 aliphatic rings. The van der Waals surface area contributed by atoms with Gasteiger partial charge in [0, 0.05) is 19.3 Å². The summed E-state index contributed by atoms with van der Waals surface area (Å²) >= 11 is 6.42. The Balaban J connectivity index is 1.85. The minimum atomic E-state index is -1.40. The predicted octanol–water partition coefficient (Wildman–Crippen LogP) is 0.376. The summed E-state index contributed by atoms with van der Waals surface area (Å²) in [7, 11) is 0. The first-order chi connectivity index (χ1) is 11.4. The molecule has 4 rings (SSSR count). The molecule has 8 heteroatoms. The second-order valence-electron chi connectivity index (χ2n) is 8.33. The van der Waals surface area contributed by atoms with Crippen molar-refractivity contribution >= 4 is 23.5 Å². The number of alkyl halides is 1. The number of esters is 2. The van der Waals surface area contributed by atoms with Gasteiger partial charge < -0.3 is 24.4 Å². The summed E-state index contributed by atoms with van der Waals surface area (Å²) in [6.07, 6.45) is -1.92. The lowest BCUT2D eigenvalue weighted by molar-refractivity contribution is -0.161. The molecule has 10 atom stereocenters. The van der Waals surface area contributed by atoms with Crippen LogP contribution in [0.5, 0.6) is 0 Å². The van der Waals surface area contributed by atoms with Gasteiger partial charge in [0.05, 0.1) is 28.4 Å². The van der Waals surface area contributed by atoms with E-state index in [1.807, 2.05) is 0 Å². The van der Waals surface area contributed by atoms with E-state index in [9.17, 15) is 19.8 Å². The quantitative estimate of drug-likeness (QED) is 0.388. The van der Waals surface area contributed by atoms with Crippen molar-refractivity contribution in [2.45, 2.75) is 74.6 Å². The summed E-state index contributed by atoms with van der Waals surface area (Å²) in [5, 5.41) is 21.6. The molecule has 0 aromatic heterocycles. The first-order valence-corrected chi connectivity index (χ1v) is 9.03. The molecule has 2 aliphatic heterocycles. The van der Waals surface area contributed by atoms with Crippen molar-refractivity contribution in [2.75, 3.05) is 0 Å². The summed E-state index contributed by atoms with van der Waals surface area (Å²) in [6.45, 7) is 6.19. The molecule has 140 valence electrons. The number of hydrogen-bond donors (Lipinski definition) is 2. The second-order valence-corrected chi connectivity index (χ2v) is 8.80. The van der Waals surface area contributed by atoms with E-state index in [-0.39, 0.29) is 6.42 Å². The molecule has 7 nitrogen and oxygen atoms in total. The third-order valence-electron chi connectivity index (χ3n) is 6.70. The van der Waals surface area contributed by atoms with E-state index in [4.69, 9.17) is 25.8 Å². The van der Waals surface area contributed by atoms with Crippen LogP contribution in [0.1, 0.15) is 34.1 Å². The van der Waals surface area contributed by atoms with Crippen LogP contribution in [0.4, 0.5) is 0 Å². The SMILES string of the molecule is CC(=O)O[C@H]1C[C@@](C)(O)[C@]23O[C@H]2[C@@H](Cl)[C@@](C)(O)[C@@H]3[C@H]2OC(=O)[C@@H](C)[C@@H]21. The second kappa shape index (κ2) is 4.88. The number of ether oxygens (including phenoxy) is 3. The molecule has 0 aromatic rings. The predicted molar refractivity (Wildman–Crippen MR) is 84.7 cm³/mol. The van der Waals surface area contributed by atoms with Gasteiger partial charge in [0.25, 0.3) is 0 Å². The topological polar surface area (TPSA) is 106 Å². The minimum absolute atomic E-state index is 0.0847. The summed E-state index contributed by atoms with van der Waals surface area (Å²) in [5.41, 5.74) is -3.91. The van der Waals surface area contributed by atoms with Crippen molar-refractivity contribution in [1.29, 1.82) is 0 Å². The maximum atomic E-state index is 12.3. The van der Waals surface area contributed by atoms with Crippen molar-refractivity contribution < 1.29 is 34.0 Å². The van der Waals surface area contributed by atoms with E-state index in [0.29, 0.717) is 0 Å². The molecule has 0 bridgehead atoms. The van der Waals surface area contributed by atoms with Crippen molar-refractivity contribution in [1.82, 2.24) is 0 Å². The number of fused-ring (bicyclic) bond motifs is 2. The Labute approximate surface area is 150 Å². The van der Waals surface area contributed by atoms with E-state index in [1.165, 1.54) is 6.92 Å². The molecule has 0 aromatic carbocycles. The number of epoxide rings is 1. The van der Waals surface area contributed by atoms with Gasteiger partial charge in [-0.05, 0) is 13.8 Å². The molecule has 25 heavy (non-hydrogen) atoms. The summed E-state index contributed by atoms with van der Waals surface area (Å²) in [6, 6.07) is 0. The lowest BCUT2D eigenvalue weighted by Crippen LogP contribution is -2.56. The number of hydrogen-bond acceptors (Lipinski definition) is 7. The van der Waals surface area contributed by atoms with Gasteiger partial charge in [-0.2, -0.15) is 0 Å². The van der Waals surface area contributed by atoms with Crippen LogP contribution in [0.3, 0.4) is 0 Å². The van der Waals surface area contributed by atoms with E-state index in [2.05, 4.69) is 0 Å². The van der Waals surface area contributed by atoms with Crippen LogP contribution in [-0.2, 0) is 23.8 Å². The lowest BCUT2D eigenvalue weighted by atomic mass is 9.72. The monoisotopic (exact) mass is 374 g/mol. The Morgan fingerprint density at radius 2 is 2.00 bits per heavy atom. The lowest BCUT2D eigenvalue weighted by Gasteiger charge is -2.40. The van der Waals surface area contributed by atoms with Crippen molar-refractivity contribution in [2.24, 2.45) is 17.8 Å². The highest BCUT2D eigenvalue weighted by atomic mass is 35.5. The summed E-state index contributed by atoms with van der Waals surface area (Å²) in [5.74, 6) is -2.61. The molecule has 0 amide bonds. The van der Waals surface area contributed by atoms with Crippen LogP contribution in [0, 0.1) is 17.8 Å². The first kappa shape index (κ1) is 17.5. The Kier molecular flexibility index (Phi) is 3.42. The fourth-order valence-electron chi connectivity index (χ4n) is 5.57. The van der Waals surface area contributed by atoms with Crippen LogP contribution in [0.15, 0.2) is 0 Å². The third-order valence-corrected chi connectivity index (χ3v) is 7.37. The smallest absolute Gasteiger partial charge is 0.309 e. The highest BCUT2D eigenvalue weighted by Crippen LogP contribution is 2.69. The average molecular weight is 375 g/mol. The normalized spacial score (nSPS) is 59.3. The maximum Gasteiger partial charge on any atom is 0.309 e. The molecule has 2 N–H and O–H groups in total. The van der Waals surface area contributed by atoms with E-state index < -0.39 is 70.2 Å². The van der Waals surface area contributed by atoms with Gasteiger partial charge in [-0.25, -0.2) is 0 Å². The molecule has 0 unspecified atom stereocenters. The highest BCUT2D eigenvalue weighted by Gasteiger charge is 2.86. The molecule has 2 aliphatic carbocycles. The van der Waals surface area contributed by atoms with Gasteiger partial charge in [-0.1, -0.05) is 6.92 Å². The van der Waals surface area contributed by atoms with Crippen LogP contribution in [-0.4, -0.2) is 62.6 Å². The van der Waals surface area contributed by atoms with Gasteiger partial charge in [0.1, 0.15) is 23.9 Å². The van der Waals surface area contributed by atoms with E-state index >= 15 is 0 Å². The minimum Gasteiger partial charge on any atom is -0.462 e. The third kappa shape index (κ3) is 1.98. The van der Waals surface area contributed by atoms with Crippen molar-refractivity contribution in [3.63, 3.8) is 0 Å². The van der Waals surface area contributed by atoms with E-state index in [1.54, 1.807) is 20.8 Å². The number of aliphatic hydroxyl groups is 2. The molecule has 2 heterocycles. The number of carbonyl (C=O) groups excluding carboxylic acids is 2. The molecule has 2 saturated carbocycles. The summed E-state index contributed by atoms with van der Waals surface area (Å²) in [4.78, 5) is 23.9. The average Bonchev–Trinajstić information content (AvgIpc) is 3.10. The molecular weight excluding hydrogens is 352 g/mol. The zero-order valence-corrected chi connectivity index (χ0v) is 15.3. The largest absolute Gasteiger partial charge is 0.462 e. The van der Waals surface area contributed by atoms with Crippen LogP contribution in [0.25, 0.3) is 0 Å². The van der Waals surface area contributed by atoms with Crippen molar-refractivity contribution in [3.05, 3.63) is 0 Å². The van der Waals surface area contributed by atoms with E-state index in [0.717, 1.165) is 0 Å². The Morgan fingerprint density at radius 1 is 1.36 bits per heavy atom. The van der Waals surface area contributed by atoms with Gasteiger partial charge in [-0.3, -0.25) is 9.59 Å². The van der Waals surface area contributed by atoms with Gasteiger partial charge in [-0.15, -0.1) is 11.6 Å². The molecule has 2 saturated heterocycles. The molecule has 4 fully saturated rings. The standard InChI is InChI=1S/C17H23ClO7/c1-6-9-8(23-7(2)19)5-15(3,21)17-11(10(9)24-14(6)20)16(4,22)12(18)13(17)25-17/h6,8-13,21-22H,5H2,1-4H3/t6-,8-,9+,10-,11-,12+,13-,15+,16-,17+/m0/s1. The van der Waals surface area contributed by atoms with Gasteiger partial charge >= 0.3 is 11.9 Å². The maximum absolute atomic E-state index is 12.3. The zero-order chi connectivity index (χ0) is 18.5. The Morgan fingerprint density at radius 3 is 2.60 bits per heavy atom. The zero-order valence-electron chi connectivity index (χ0n) is 14.6. The van der Waals surface area contributed by atoms with Gasteiger partial charge in [0.2, 0.25) is 0 Å². The molecule has 1 spiro atoms.